The molecule has 0 aliphatic carbocycles. The third-order valence-electron chi connectivity index (χ3n) is 3.01. The first kappa shape index (κ1) is 12.1. The molecule has 0 fully saturated rings. The monoisotopic (exact) mass is 261 g/mol. The molecule has 0 aliphatic rings. The average Bonchev–Trinajstić information content (AvgIpc) is 2.48. The van der Waals surface area contributed by atoms with Gasteiger partial charge in [-0.3, -0.25) is 0 Å². The third-order valence-corrected chi connectivity index (χ3v) is 3.01. The van der Waals surface area contributed by atoms with Crippen molar-refractivity contribution in [1.29, 1.82) is 5.26 Å². The fraction of sp³-hybridized carbons (Fsp3) is 0.0667. The minimum Gasteiger partial charge on any atom is -0.324 e. The van der Waals surface area contributed by atoms with Crippen LogP contribution in [0.1, 0.15) is 11.3 Å². The number of hydrogen-bond acceptors (Lipinski definition) is 5. The van der Waals surface area contributed by atoms with Gasteiger partial charge in [0.1, 0.15) is 17.7 Å². The Morgan fingerprint density at radius 3 is 2.65 bits per heavy atom. The molecule has 3 rings (SSSR count). The Morgan fingerprint density at radius 1 is 1.05 bits per heavy atom. The third kappa shape index (κ3) is 2.27. The van der Waals surface area contributed by atoms with Crippen molar-refractivity contribution in [3.05, 3.63) is 54.1 Å². The molecule has 0 bridgehead atoms. The lowest BCUT2D eigenvalue weighted by Gasteiger charge is -2.06. The molecule has 5 heteroatoms. The second kappa shape index (κ2) is 4.94. The predicted octanol–water partition coefficient (Wildman–Crippen LogP) is 2.95. The SMILES string of the molecule is Cc1cccc2cc(Nc3cnc(C#N)cn3)ncc12. The molecule has 0 amide bonds. The van der Waals surface area contributed by atoms with E-state index in [2.05, 4.69) is 33.3 Å². The number of hydrogen-bond donors (Lipinski definition) is 1. The van der Waals surface area contributed by atoms with E-state index < -0.39 is 0 Å². The summed E-state index contributed by atoms with van der Waals surface area (Å²) in [6.07, 6.45) is 4.78. The number of benzene rings is 1. The fourth-order valence-electron chi connectivity index (χ4n) is 1.97. The van der Waals surface area contributed by atoms with Crippen molar-refractivity contribution in [3.8, 4) is 6.07 Å². The first-order chi connectivity index (χ1) is 9.76. The summed E-state index contributed by atoms with van der Waals surface area (Å²) >= 11 is 0. The van der Waals surface area contributed by atoms with Crippen molar-refractivity contribution < 1.29 is 0 Å². The van der Waals surface area contributed by atoms with E-state index in [-0.39, 0.29) is 5.69 Å². The van der Waals surface area contributed by atoms with Crippen molar-refractivity contribution in [2.45, 2.75) is 6.92 Å². The van der Waals surface area contributed by atoms with Crippen LogP contribution >= 0.6 is 0 Å². The minimum atomic E-state index is 0.289. The number of pyridine rings is 1. The van der Waals surface area contributed by atoms with Gasteiger partial charge in [-0.15, -0.1) is 0 Å². The number of anilines is 2. The number of fused-ring (bicyclic) bond motifs is 1. The van der Waals surface area contributed by atoms with E-state index in [4.69, 9.17) is 5.26 Å². The smallest absolute Gasteiger partial charge is 0.158 e. The van der Waals surface area contributed by atoms with E-state index in [9.17, 15) is 0 Å². The topological polar surface area (TPSA) is 74.5 Å². The van der Waals surface area contributed by atoms with Gasteiger partial charge in [-0.25, -0.2) is 15.0 Å². The van der Waals surface area contributed by atoms with E-state index in [0.717, 1.165) is 10.8 Å². The summed E-state index contributed by atoms with van der Waals surface area (Å²) < 4.78 is 0. The van der Waals surface area contributed by atoms with Crippen LogP contribution in [0.5, 0.6) is 0 Å². The van der Waals surface area contributed by atoms with E-state index in [1.807, 2.05) is 30.5 Å². The highest BCUT2D eigenvalue weighted by molar-refractivity contribution is 5.87. The number of aryl methyl sites for hydroxylation is 1. The van der Waals surface area contributed by atoms with Crippen LogP contribution < -0.4 is 5.32 Å². The molecule has 1 N–H and O–H groups in total. The van der Waals surface area contributed by atoms with Gasteiger partial charge in [-0.1, -0.05) is 18.2 Å². The van der Waals surface area contributed by atoms with Crippen LogP contribution in [0, 0.1) is 18.3 Å². The molecule has 0 spiro atoms. The quantitative estimate of drug-likeness (QED) is 0.767. The molecule has 20 heavy (non-hydrogen) atoms. The molecule has 5 nitrogen and oxygen atoms in total. The van der Waals surface area contributed by atoms with Crippen LogP contribution in [0.4, 0.5) is 11.6 Å². The Bertz CT molecular complexity index is 803. The molecule has 2 aromatic heterocycles. The van der Waals surface area contributed by atoms with E-state index >= 15 is 0 Å². The summed E-state index contributed by atoms with van der Waals surface area (Å²) in [5.41, 5.74) is 1.48. The maximum absolute atomic E-state index is 8.68. The Hall–Kier alpha value is -3.00. The largest absolute Gasteiger partial charge is 0.324 e. The van der Waals surface area contributed by atoms with Crippen LogP contribution in [-0.4, -0.2) is 15.0 Å². The van der Waals surface area contributed by atoms with E-state index in [0.29, 0.717) is 11.6 Å². The molecule has 1 aromatic carbocycles. The summed E-state index contributed by atoms with van der Waals surface area (Å²) in [6, 6.07) is 10.0. The predicted molar refractivity (Wildman–Crippen MR) is 76.5 cm³/mol. The Balaban J connectivity index is 1.92. The zero-order valence-corrected chi connectivity index (χ0v) is 10.8. The first-order valence-corrected chi connectivity index (χ1v) is 6.11. The number of nitrogens with zero attached hydrogens (tertiary/aromatic N) is 4. The molecular formula is C15H11N5. The molecule has 0 saturated heterocycles. The fourth-order valence-corrected chi connectivity index (χ4v) is 1.97. The van der Waals surface area contributed by atoms with Gasteiger partial charge in [0.25, 0.3) is 0 Å². The van der Waals surface area contributed by atoms with Crippen molar-refractivity contribution >= 4 is 22.4 Å². The van der Waals surface area contributed by atoms with E-state index in [1.54, 1.807) is 0 Å². The van der Waals surface area contributed by atoms with Crippen molar-refractivity contribution in [2.24, 2.45) is 0 Å². The Labute approximate surface area is 116 Å². The Kier molecular flexibility index (Phi) is 2.98. The number of aromatic nitrogens is 3. The van der Waals surface area contributed by atoms with Gasteiger partial charge >= 0.3 is 0 Å². The van der Waals surface area contributed by atoms with Crippen LogP contribution in [-0.2, 0) is 0 Å². The lowest BCUT2D eigenvalue weighted by molar-refractivity contribution is 1.15. The molecule has 0 saturated carbocycles. The normalized spacial score (nSPS) is 10.2. The highest BCUT2D eigenvalue weighted by Gasteiger charge is 2.02. The molecule has 3 aromatic rings. The maximum atomic E-state index is 8.68. The van der Waals surface area contributed by atoms with Gasteiger partial charge in [0.05, 0.1) is 12.4 Å². The Morgan fingerprint density at radius 2 is 1.90 bits per heavy atom. The molecule has 0 unspecified atom stereocenters. The van der Waals surface area contributed by atoms with Gasteiger partial charge < -0.3 is 5.32 Å². The lowest BCUT2D eigenvalue weighted by Crippen LogP contribution is -1.97. The highest BCUT2D eigenvalue weighted by Crippen LogP contribution is 2.21. The summed E-state index contributed by atoms with van der Waals surface area (Å²) in [6.45, 7) is 2.06. The second-order valence-electron chi connectivity index (χ2n) is 4.39. The van der Waals surface area contributed by atoms with Crippen molar-refractivity contribution in [1.82, 2.24) is 15.0 Å². The van der Waals surface area contributed by atoms with Crippen LogP contribution in [0.25, 0.3) is 10.8 Å². The second-order valence-corrected chi connectivity index (χ2v) is 4.39. The zero-order valence-electron chi connectivity index (χ0n) is 10.8. The molecule has 0 atom stereocenters. The van der Waals surface area contributed by atoms with E-state index in [1.165, 1.54) is 18.0 Å². The number of rotatable bonds is 2. The molecule has 2 heterocycles. The van der Waals surface area contributed by atoms with Crippen LogP contribution in [0.15, 0.2) is 42.9 Å². The standard InChI is InChI=1S/C15H11N5/c1-10-3-2-4-11-5-14(19-8-13(10)11)20-15-9-17-12(6-16)7-18-15/h2-5,7-9H,1H3,(H,18,19,20). The minimum absolute atomic E-state index is 0.289. The van der Waals surface area contributed by atoms with Crippen LogP contribution in [0.3, 0.4) is 0 Å². The summed E-state index contributed by atoms with van der Waals surface area (Å²) in [7, 11) is 0. The summed E-state index contributed by atoms with van der Waals surface area (Å²) in [4.78, 5) is 12.4. The maximum Gasteiger partial charge on any atom is 0.158 e. The highest BCUT2D eigenvalue weighted by atomic mass is 15.1. The number of nitriles is 1. The van der Waals surface area contributed by atoms with Gasteiger partial charge in [-0.2, -0.15) is 5.26 Å². The first-order valence-electron chi connectivity index (χ1n) is 6.11. The average molecular weight is 261 g/mol. The van der Waals surface area contributed by atoms with Gasteiger partial charge in [0, 0.05) is 11.6 Å². The lowest BCUT2D eigenvalue weighted by atomic mass is 10.1. The van der Waals surface area contributed by atoms with Gasteiger partial charge in [-0.05, 0) is 23.9 Å². The summed E-state index contributed by atoms with van der Waals surface area (Å²) in [5, 5.41) is 14.0. The zero-order chi connectivity index (χ0) is 13.9. The molecule has 96 valence electrons. The van der Waals surface area contributed by atoms with Crippen LogP contribution in [0.2, 0.25) is 0 Å². The number of nitrogens with one attached hydrogen (secondary N) is 1. The van der Waals surface area contributed by atoms with Crippen molar-refractivity contribution in [2.75, 3.05) is 5.32 Å². The van der Waals surface area contributed by atoms with Gasteiger partial charge in [0.15, 0.2) is 5.69 Å². The summed E-state index contributed by atoms with van der Waals surface area (Å²) in [5.74, 6) is 1.26. The molecular weight excluding hydrogens is 250 g/mol. The molecule has 0 aliphatic heterocycles. The van der Waals surface area contributed by atoms with Gasteiger partial charge in [0.2, 0.25) is 0 Å². The van der Waals surface area contributed by atoms with Crippen molar-refractivity contribution in [3.63, 3.8) is 0 Å². The molecule has 0 radical (unpaired) electrons.